The van der Waals surface area contributed by atoms with Gasteiger partial charge in [0.15, 0.2) is 5.84 Å². The molecule has 1 aliphatic heterocycles. The number of halogens is 1. The van der Waals surface area contributed by atoms with Gasteiger partial charge in [0.1, 0.15) is 6.17 Å². The van der Waals surface area contributed by atoms with E-state index in [9.17, 15) is 0 Å². The minimum atomic E-state index is -0.0596. The van der Waals surface area contributed by atoms with E-state index < -0.39 is 0 Å². The van der Waals surface area contributed by atoms with Crippen molar-refractivity contribution in [3.63, 3.8) is 0 Å². The highest BCUT2D eigenvalue weighted by Crippen LogP contribution is 2.10. The van der Waals surface area contributed by atoms with Gasteiger partial charge in [-0.25, -0.2) is 0 Å². The number of hydrogen-bond acceptors (Lipinski definition) is 4. The molecule has 0 aromatic heterocycles. The summed E-state index contributed by atoms with van der Waals surface area (Å²) in [5.74, 6) is 0.785. The molecule has 0 bridgehead atoms. The Labute approximate surface area is 92.1 Å². The van der Waals surface area contributed by atoms with Crippen LogP contribution in [-0.4, -0.2) is 17.4 Å². The number of benzene rings is 1. The summed E-state index contributed by atoms with van der Waals surface area (Å²) in [4.78, 5) is 0. The predicted molar refractivity (Wildman–Crippen MR) is 61.7 cm³/mol. The molecule has 0 saturated heterocycles. The van der Waals surface area contributed by atoms with Gasteiger partial charge in [0.05, 0.1) is 0 Å². The van der Waals surface area contributed by atoms with Crippen LogP contribution in [-0.2, 0) is 0 Å². The lowest BCUT2D eigenvalue weighted by atomic mass is 10.2. The third-order valence-corrected chi connectivity index (χ3v) is 2.39. The van der Waals surface area contributed by atoms with Gasteiger partial charge >= 0.3 is 0 Å². The first-order valence-electron chi connectivity index (χ1n) is 4.10. The van der Waals surface area contributed by atoms with Crippen molar-refractivity contribution in [1.82, 2.24) is 10.7 Å². The Bertz CT molecular complexity index is 374. The minimum absolute atomic E-state index is 0.0596. The zero-order valence-electron chi connectivity index (χ0n) is 7.20. The van der Waals surface area contributed by atoms with Gasteiger partial charge in [0, 0.05) is 16.0 Å². The Balaban J connectivity index is 2.17. The van der Waals surface area contributed by atoms with Crippen LogP contribution in [0.2, 0.25) is 5.02 Å². The molecule has 0 aliphatic carbocycles. The van der Waals surface area contributed by atoms with Crippen molar-refractivity contribution in [2.45, 2.75) is 6.17 Å². The van der Waals surface area contributed by atoms with E-state index in [2.05, 4.69) is 15.8 Å². The molecule has 0 saturated carbocycles. The molecular formula is C9H8ClN3S. The number of hydrogen-bond donors (Lipinski definition) is 2. The van der Waals surface area contributed by atoms with Gasteiger partial charge in [0.2, 0.25) is 0 Å². The molecule has 5 heteroatoms. The van der Waals surface area contributed by atoms with E-state index in [1.807, 2.05) is 24.3 Å². The van der Waals surface area contributed by atoms with E-state index in [1.54, 1.807) is 5.37 Å². The standard InChI is InChI=1S/C9H8ClN3S/c10-7-3-1-6(2-4-7)9-11-8(5-14)12-13-9/h1-5,8,12H,(H,11,13). The molecule has 3 nitrogen and oxygen atoms in total. The van der Waals surface area contributed by atoms with Crippen molar-refractivity contribution in [3.8, 4) is 0 Å². The van der Waals surface area contributed by atoms with Gasteiger partial charge in [-0.2, -0.15) is 5.10 Å². The van der Waals surface area contributed by atoms with Gasteiger partial charge in [-0.15, -0.1) is 0 Å². The number of nitrogens with zero attached hydrogens (tertiary/aromatic N) is 1. The van der Waals surface area contributed by atoms with Crippen molar-refractivity contribution in [1.29, 1.82) is 0 Å². The molecule has 2 rings (SSSR count). The van der Waals surface area contributed by atoms with Crippen LogP contribution in [0.25, 0.3) is 0 Å². The molecule has 0 radical (unpaired) electrons. The second-order valence-corrected chi connectivity index (χ2v) is 3.56. The van der Waals surface area contributed by atoms with Gasteiger partial charge < -0.3 is 5.32 Å². The maximum absolute atomic E-state index is 5.78. The normalized spacial score (nSPS) is 19.5. The fraction of sp³-hybridized carbons (Fsp3) is 0.111. The summed E-state index contributed by atoms with van der Waals surface area (Å²) in [6.45, 7) is 0. The first-order chi connectivity index (χ1) is 6.79. The fourth-order valence-corrected chi connectivity index (χ4v) is 1.42. The molecule has 14 heavy (non-hydrogen) atoms. The van der Waals surface area contributed by atoms with E-state index in [0.29, 0.717) is 5.02 Å². The molecule has 1 unspecified atom stereocenters. The highest BCUT2D eigenvalue weighted by Gasteiger charge is 2.14. The molecule has 1 atom stereocenters. The Morgan fingerprint density at radius 1 is 1.36 bits per heavy atom. The largest absolute Gasteiger partial charge is 0.343 e. The maximum Gasteiger partial charge on any atom is 0.155 e. The van der Waals surface area contributed by atoms with E-state index in [-0.39, 0.29) is 6.17 Å². The lowest BCUT2D eigenvalue weighted by molar-refractivity contribution is 0.694. The molecular weight excluding hydrogens is 218 g/mol. The highest BCUT2D eigenvalue weighted by atomic mass is 35.5. The molecule has 1 aromatic rings. The lowest BCUT2D eigenvalue weighted by Crippen LogP contribution is -2.35. The van der Waals surface area contributed by atoms with Crippen LogP contribution in [0.1, 0.15) is 5.56 Å². The average molecular weight is 226 g/mol. The number of hydrazone groups is 1. The topological polar surface area (TPSA) is 36.4 Å². The summed E-state index contributed by atoms with van der Waals surface area (Å²) < 4.78 is 0. The Kier molecular flexibility index (Phi) is 2.65. The third-order valence-electron chi connectivity index (χ3n) is 1.86. The number of rotatable bonds is 2. The minimum Gasteiger partial charge on any atom is -0.343 e. The van der Waals surface area contributed by atoms with E-state index in [4.69, 9.17) is 23.8 Å². The molecule has 0 amide bonds. The average Bonchev–Trinajstić information content (AvgIpc) is 2.67. The van der Waals surface area contributed by atoms with E-state index in [0.717, 1.165) is 11.4 Å². The van der Waals surface area contributed by atoms with Crippen LogP contribution in [0, 0.1) is 0 Å². The van der Waals surface area contributed by atoms with Crippen molar-refractivity contribution in [2.75, 3.05) is 0 Å². The van der Waals surface area contributed by atoms with Crippen LogP contribution < -0.4 is 10.7 Å². The van der Waals surface area contributed by atoms with Gasteiger partial charge in [0.25, 0.3) is 0 Å². The lowest BCUT2D eigenvalue weighted by Gasteiger charge is -2.04. The molecule has 1 aliphatic rings. The third kappa shape index (κ3) is 1.86. The van der Waals surface area contributed by atoms with Crippen molar-refractivity contribution in [2.24, 2.45) is 5.10 Å². The summed E-state index contributed by atoms with van der Waals surface area (Å²) >= 11 is 10.6. The Morgan fingerprint density at radius 3 is 2.64 bits per heavy atom. The molecule has 72 valence electrons. The second kappa shape index (κ2) is 3.94. The molecule has 1 heterocycles. The second-order valence-electron chi connectivity index (χ2n) is 2.85. The predicted octanol–water partition coefficient (Wildman–Crippen LogP) is 1.52. The van der Waals surface area contributed by atoms with Crippen molar-refractivity contribution in [3.05, 3.63) is 34.9 Å². The molecule has 0 spiro atoms. The van der Waals surface area contributed by atoms with Crippen molar-refractivity contribution >= 4 is 35.0 Å². The molecule has 2 N–H and O–H groups in total. The zero-order chi connectivity index (χ0) is 9.97. The Hall–Kier alpha value is -1.13. The zero-order valence-corrected chi connectivity index (χ0v) is 8.77. The summed E-state index contributed by atoms with van der Waals surface area (Å²) in [6, 6.07) is 7.46. The van der Waals surface area contributed by atoms with Crippen LogP contribution >= 0.6 is 23.8 Å². The number of thiocarbonyl (C=S) groups is 1. The van der Waals surface area contributed by atoms with E-state index >= 15 is 0 Å². The SMILES string of the molecule is S=CC1NN=C(c2ccc(Cl)cc2)N1. The summed E-state index contributed by atoms with van der Waals surface area (Å²) in [5.41, 5.74) is 3.84. The van der Waals surface area contributed by atoms with Crippen LogP contribution in [0.4, 0.5) is 0 Å². The number of nitrogens with one attached hydrogen (secondary N) is 2. The smallest absolute Gasteiger partial charge is 0.155 e. The van der Waals surface area contributed by atoms with Gasteiger partial charge in [-0.1, -0.05) is 23.8 Å². The first kappa shape index (κ1) is 9.43. The fourth-order valence-electron chi connectivity index (χ4n) is 1.17. The summed E-state index contributed by atoms with van der Waals surface area (Å²) in [7, 11) is 0. The van der Waals surface area contributed by atoms with Crippen LogP contribution in [0.3, 0.4) is 0 Å². The Morgan fingerprint density at radius 2 is 2.07 bits per heavy atom. The van der Waals surface area contributed by atoms with Gasteiger partial charge in [-0.05, 0) is 24.3 Å². The van der Waals surface area contributed by atoms with Crippen LogP contribution in [0.5, 0.6) is 0 Å². The maximum atomic E-state index is 5.78. The first-order valence-corrected chi connectivity index (χ1v) is 4.95. The molecule has 1 aromatic carbocycles. The van der Waals surface area contributed by atoms with E-state index in [1.165, 1.54) is 0 Å². The summed E-state index contributed by atoms with van der Waals surface area (Å²) in [5, 5.41) is 9.52. The highest BCUT2D eigenvalue weighted by molar-refractivity contribution is 7.79. The van der Waals surface area contributed by atoms with Crippen molar-refractivity contribution < 1.29 is 0 Å². The monoisotopic (exact) mass is 225 g/mol. The quantitative estimate of drug-likeness (QED) is 0.750. The van der Waals surface area contributed by atoms with Gasteiger partial charge in [-0.3, -0.25) is 5.43 Å². The molecule has 0 fully saturated rings. The van der Waals surface area contributed by atoms with Crippen LogP contribution in [0.15, 0.2) is 29.4 Å². The number of amidine groups is 1. The summed E-state index contributed by atoms with van der Waals surface area (Å²) in [6.07, 6.45) is -0.0596.